The summed E-state index contributed by atoms with van der Waals surface area (Å²) in [5, 5.41) is 1.35. The normalized spacial score (nSPS) is 10.7. The van der Waals surface area contributed by atoms with Crippen molar-refractivity contribution in [3.05, 3.63) is 17.3 Å². The zero-order valence-electron chi connectivity index (χ0n) is 8.60. The first-order chi connectivity index (χ1) is 7.72. The number of hydrogen-bond acceptors (Lipinski definition) is 6. The lowest BCUT2D eigenvalue weighted by molar-refractivity contribution is 1.31. The first-order valence-electron chi connectivity index (χ1n) is 4.31. The number of pyridine rings is 1. The summed E-state index contributed by atoms with van der Waals surface area (Å²) in [6.45, 7) is 0. The van der Waals surface area contributed by atoms with Crippen molar-refractivity contribution in [1.82, 2.24) is 9.97 Å². The molecule has 0 bridgehead atoms. The van der Waals surface area contributed by atoms with E-state index in [9.17, 15) is 0 Å². The standard InChI is InChI=1S/C9H8ClN3S3/c1-14-9(15-2)13-8-12-7-6(16-8)3-5(10)4-11-7/h3-4H,1-2H3. The van der Waals surface area contributed by atoms with Crippen molar-refractivity contribution in [2.24, 2.45) is 4.99 Å². The maximum Gasteiger partial charge on any atom is 0.213 e. The summed E-state index contributed by atoms with van der Waals surface area (Å²) in [6, 6.07) is 1.86. The average Bonchev–Trinajstić information content (AvgIpc) is 2.67. The Labute approximate surface area is 111 Å². The Bertz CT molecular complexity index is 532. The molecule has 0 atom stereocenters. The predicted molar refractivity (Wildman–Crippen MR) is 76.6 cm³/mol. The van der Waals surface area contributed by atoms with Crippen molar-refractivity contribution in [1.29, 1.82) is 0 Å². The third-order valence-electron chi connectivity index (χ3n) is 1.74. The van der Waals surface area contributed by atoms with E-state index >= 15 is 0 Å². The van der Waals surface area contributed by atoms with Gasteiger partial charge in [0.1, 0.15) is 4.38 Å². The van der Waals surface area contributed by atoms with Crippen molar-refractivity contribution in [3.63, 3.8) is 0 Å². The SMILES string of the molecule is CSC(=Nc1nc2ncc(Cl)cc2s1)SC. The summed E-state index contributed by atoms with van der Waals surface area (Å²) in [7, 11) is 0. The zero-order valence-corrected chi connectivity index (χ0v) is 11.8. The summed E-state index contributed by atoms with van der Waals surface area (Å²) >= 11 is 10.6. The Morgan fingerprint density at radius 1 is 1.44 bits per heavy atom. The molecule has 2 aromatic heterocycles. The van der Waals surface area contributed by atoms with E-state index in [1.165, 1.54) is 11.3 Å². The molecule has 2 aromatic rings. The highest BCUT2D eigenvalue weighted by Gasteiger charge is 2.05. The molecule has 0 aliphatic rings. The summed E-state index contributed by atoms with van der Waals surface area (Å²) in [5.74, 6) is 0. The Balaban J connectivity index is 2.43. The molecule has 84 valence electrons. The lowest BCUT2D eigenvalue weighted by Crippen LogP contribution is -1.80. The van der Waals surface area contributed by atoms with Crippen molar-refractivity contribution in [3.8, 4) is 0 Å². The maximum absolute atomic E-state index is 5.86. The molecule has 0 spiro atoms. The fraction of sp³-hybridized carbons (Fsp3) is 0.222. The van der Waals surface area contributed by atoms with Gasteiger partial charge in [0.05, 0.1) is 9.72 Å². The van der Waals surface area contributed by atoms with Crippen LogP contribution in [0.5, 0.6) is 0 Å². The van der Waals surface area contributed by atoms with E-state index in [1.807, 2.05) is 18.6 Å². The fourth-order valence-electron chi connectivity index (χ4n) is 1.08. The third-order valence-corrected chi connectivity index (χ3v) is 4.71. The molecule has 2 heterocycles. The third kappa shape index (κ3) is 2.68. The van der Waals surface area contributed by atoms with Crippen LogP contribution in [0, 0.1) is 0 Å². The van der Waals surface area contributed by atoms with Crippen LogP contribution in [-0.4, -0.2) is 26.9 Å². The molecular formula is C9H8ClN3S3. The first kappa shape index (κ1) is 12.2. The molecule has 3 nitrogen and oxygen atoms in total. The average molecular weight is 290 g/mol. The van der Waals surface area contributed by atoms with Crippen molar-refractivity contribution >= 4 is 66.3 Å². The second-order valence-electron chi connectivity index (χ2n) is 2.76. The summed E-state index contributed by atoms with van der Waals surface area (Å²) < 4.78 is 1.96. The van der Waals surface area contributed by atoms with Crippen LogP contribution in [0.3, 0.4) is 0 Å². The lowest BCUT2D eigenvalue weighted by Gasteiger charge is -1.93. The van der Waals surface area contributed by atoms with Gasteiger partial charge in [0.2, 0.25) is 5.13 Å². The molecule has 0 aliphatic heterocycles. The van der Waals surface area contributed by atoms with Gasteiger partial charge in [-0.2, -0.15) is 4.98 Å². The van der Waals surface area contributed by atoms with Crippen LogP contribution in [0.4, 0.5) is 5.13 Å². The monoisotopic (exact) mass is 289 g/mol. The maximum atomic E-state index is 5.86. The smallest absolute Gasteiger partial charge is 0.213 e. The molecule has 0 amide bonds. The van der Waals surface area contributed by atoms with Crippen LogP contribution >= 0.6 is 46.5 Å². The lowest BCUT2D eigenvalue weighted by atomic mass is 10.5. The minimum Gasteiger partial charge on any atom is -0.234 e. The Morgan fingerprint density at radius 3 is 2.88 bits per heavy atom. The minimum absolute atomic E-state index is 0.627. The van der Waals surface area contributed by atoms with E-state index in [2.05, 4.69) is 15.0 Å². The van der Waals surface area contributed by atoms with Crippen LogP contribution < -0.4 is 0 Å². The molecule has 16 heavy (non-hydrogen) atoms. The predicted octanol–water partition coefficient (Wildman–Crippen LogP) is 4.06. The summed E-state index contributed by atoms with van der Waals surface area (Å²) in [6.07, 6.45) is 5.59. The van der Waals surface area contributed by atoms with Crippen molar-refractivity contribution in [2.75, 3.05) is 12.5 Å². The fourth-order valence-corrected chi connectivity index (χ4v) is 3.29. The van der Waals surface area contributed by atoms with Crippen LogP contribution in [0.25, 0.3) is 10.3 Å². The second kappa shape index (κ2) is 5.35. The van der Waals surface area contributed by atoms with Crippen LogP contribution in [0.2, 0.25) is 5.02 Å². The quantitative estimate of drug-likeness (QED) is 0.586. The Kier molecular flexibility index (Phi) is 4.07. The number of halogens is 1. The van der Waals surface area contributed by atoms with E-state index in [4.69, 9.17) is 11.6 Å². The first-order valence-corrected chi connectivity index (χ1v) is 7.96. The van der Waals surface area contributed by atoms with Gasteiger partial charge in [-0.15, -0.1) is 23.5 Å². The van der Waals surface area contributed by atoms with Gasteiger partial charge in [0.25, 0.3) is 0 Å². The highest BCUT2D eigenvalue weighted by atomic mass is 35.5. The van der Waals surface area contributed by atoms with Crippen LogP contribution in [0.1, 0.15) is 0 Å². The number of fused-ring (bicyclic) bond motifs is 1. The van der Waals surface area contributed by atoms with Crippen molar-refractivity contribution < 1.29 is 0 Å². The molecule has 0 aromatic carbocycles. The van der Waals surface area contributed by atoms with E-state index in [0.717, 1.165) is 14.2 Å². The number of thioether (sulfide) groups is 2. The number of thiazole rings is 1. The number of aromatic nitrogens is 2. The zero-order chi connectivity index (χ0) is 11.5. The van der Waals surface area contributed by atoms with E-state index in [-0.39, 0.29) is 0 Å². The molecule has 0 saturated heterocycles. The van der Waals surface area contributed by atoms with Gasteiger partial charge in [-0.25, -0.2) is 9.98 Å². The molecule has 0 N–H and O–H groups in total. The summed E-state index contributed by atoms with van der Waals surface area (Å²) in [4.78, 5) is 12.9. The topological polar surface area (TPSA) is 38.1 Å². The van der Waals surface area contributed by atoms with E-state index < -0.39 is 0 Å². The largest absolute Gasteiger partial charge is 0.234 e. The van der Waals surface area contributed by atoms with Gasteiger partial charge >= 0.3 is 0 Å². The second-order valence-corrected chi connectivity index (χ2v) is 6.05. The molecular weight excluding hydrogens is 282 g/mol. The molecule has 2 rings (SSSR count). The van der Waals surface area contributed by atoms with Gasteiger partial charge in [-0.3, -0.25) is 0 Å². The molecule has 0 unspecified atom stereocenters. The molecule has 0 saturated carbocycles. The summed E-state index contributed by atoms with van der Waals surface area (Å²) in [5.41, 5.74) is 0.703. The van der Waals surface area contributed by atoms with Gasteiger partial charge in [-0.05, 0) is 18.6 Å². The number of rotatable bonds is 1. The Morgan fingerprint density at radius 2 is 2.19 bits per heavy atom. The molecule has 7 heteroatoms. The van der Waals surface area contributed by atoms with Crippen molar-refractivity contribution in [2.45, 2.75) is 0 Å². The molecule has 0 radical (unpaired) electrons. The Hall–Kier alpha value is -0.300. The van der Waals surface area contributed by atoms with Gasteiger partial charge in [0.15, 0.2) is 5.65 Å². The number of hydrogen-bond donors (Lipinski definition) is 0. The van der Waals surface area contributed by atoms with Crippen LogP contribution in [-0.2, 0) is 0 Å². The van der Waals surface area contributed by atoms with Crippen LogP contribution in [0.15, 0.2) is 17.3 Å². The minimum atomic E-state index is 0.627. The number of aliphatic imine (C=N–C) groups is 1. The number of nitrogens with zero attached hydrogens (tertiary/aromatic N) is 3. The molecule has 0 aliphatic carbocycles. The van der Waals surface area contributed by atoms with Gasteiger partial charge in [-0.1, -0.05) is 22.9 Å². The molecule has 0 fully saturated rings. The highest BCUT2D eigenvalue weighted by molar-refractivity contribution is 8.38. The van der Waals surface area contributed by atoms with E-state index in [1.54, 1.807) is 29.7 Å². The highest BCUT2D eigenvalue weighted by Crippen LogP contribution is 2.30. The van der Waals surface area contributed by atoms with E-state index in [0.29, 0.717) is 10.7 Å². The van der Waals surface area contributed by atoms with Gasteiger partial charge < -0.3 is 0 Å². The van der Waals surface area contributed by atoms with Gasteiger partial charge in [0, 0.05) is 6.20 Å².